The quantitative estimate of drug-likeness (QED) is 0.413. The number of aromatic nitrogens is 4. The Balaban J connectivity index is 2.00. The number of halogens is 2. The molecule has 0 amide bonds. The minimum Gasteiger partial charge on any atom is -0.373 e. The Morgan fingerprint density at radius 3 is 2.39 bits per heavy atom. The van der Waals surface area contributed by atoms with Gasteiger partial charge in [0, 0.05) is 15.7 Å². The zero-order chi connectivity index (χ0) is 22.6. The third-order valence-electron chi connectivity index (χ3n) is 5.46. The molecule has 1 heterocycles. The van der Waals surface area contributed by atoms with Crippen molar-refractivity contribution < 1.29 is 0 Å². The van der Waals surface area contributed by atoms with Crippen LogP contribution in [0.3, 0.4) is 0 Å². The molecular weight excluding hydrogens is 429 g/mol. The van der Waals surface area contributed by atoms with Gasteiger partial charge in [-0.3, -0.25) is 0 Å². The van der Waals surface area contributed by atoms with E-state index < -0.39 is 5.54 Å². The summed E-state index contributed by atoms with van der Waals surface area (Å²) in [6.07, 6.45) is 4.92. The molecule has 0 radical (unpaired) electrons. The SMILES string of the molecule is CC[C@](C)(Nc1ccccc1)c1nnnn1[C@H](/C=C/c1ccc(Cl)cc1Cl)C(C)(C)C. The Bertz CT molecular complexity index is 1040. The highest BCUT2D eigenvalue weighted by Crippen LogP contribution is 2.36. The van der Waals surface area contributed by atoms with Gasteiger partial charge < -0.3 is 5.32 Å². The highest BCUT2D eigenvalue weighted by molar-refractivity contribution is 6.35. The van der Waals surface area contributed by atoms with Crippen molar-refractivity contribution in [1.82, 2.24) is 20.2 Å². The Labute approximate surface area is 194 Å². The van der Waals surface area contributed by atoms with Gasteiger partial charge in [0.1, 0.15) is 0 Å². The molecule has 0 saturated heterocycles. The Kier molecular flexibility index (Phi) is 7.07. The number of hydrogen-bond donors (Lipinski definition) is 1. The van der Waals surface area contributed by atoms with Gasteiger partial charge in [-0.15, -0.1) is 5.10 Å². The van der Waals surface area contributed by atoms with Crippen LogP contribution in [0.5, 0.6) is 0 Å². The molecule has 31 heavy (non-hydrogen) atoms. The van der Waals surface area contributed by atoms with E-state index in [0.717, 1.165) is 23.5 Å². The number of anilines is 1. The number of tetrazole rings is 1. The van der Waals surface area contributed by atoms with Crippen molar-refractivity contribution in [3.8, 4) is 0 Å². The van der Waals surface area contributed by atoms with Gasteiger partial charge in [0.15, 0.2) is 5.82 Å². The fraction of sp³-hybridized carbons (Fsp3) is 0.375. The van der Waals surface area contributed by atoms with Crippen LogP contribution in [-0.4, -0.2) is 20.2 Å². The largest absolute Gasteiger partial charge is 0.373 e. The molecule has 0 aliphatic carbocycles. The lowest BCUT2D eigenvalue weighted by Gasteiger charge is -2.34. The molecule has 0 aliphatic heterocycles. The number of benzene rings is 2. The molecule has 0 aliphatic rings. The van der Waals surface area contributed by atoms with Crippen LogP contribution in [0.1, 0.15) is 58.5 Å². The van der Waals surface area contributed by atoms with E-state index in [9.17, 15) is 0 Å². The number of rotatable bonds is 7. The molecule has 0 spiro atoms. The maximum atomic E-state index is 6.38. The Morgan fingerprint density at radius 2 is 1.77 bits per heavy atom. The molecule has 1 N–H and O–H groups in total. The Morgan fingerprint density at radius 1 is 1.06 bits per heavy atom. The molecule has 5 nitrogen and oxygen atoms in total. The summed E-state index contributed by atoms with van der Waals surface area (Å²) in [6, 6.07) is 15.5. The van der Waals surface area contributed by atoms with Crippen molar-refractivity contribution in [2.24, 2.45) is 5.41 Å². The minimum atomic E-state index is -0.444. The van der Waals surface area contributed by atoms with Gasteiger partial charge in [0.2, 0.25) is 0 Å². The number of para-hydroxylation sites is 1. The van der Waals surface area contributed by atoms with E-state index in [0.29, 0.717) is 10.0 Å². The molecule has 164 valence electrons. The topological polar surface area (TPSA) is 55.6 Å². The van der Waals surface area contributed by atoms with Crippen LogP contribution in [0.4, 0.5) is 5.69 Å². The maximum absolute atomic E-state index is 6.38. The van der Waals surface area contributed by atoms with Crippen molar-refractivity contribution >= 4 is 35.0 Å². The standard InChI is InChI=1S/C24H29Cl2N5/c1-6-24(5,27-19-10-8-7-9-11-19)22-28-29-30-31(22)21(23(2,3)4)15-13-17-12-14-18(25)16-20(17)26/h7-16,21,27H,6H2,1-5H3/b15-13+/t21-,24+/m1/s1. The van der Waals surface area contributed by atoms with Gasteiger partial charge in [0.05, 0.1) is 11.6 Å². The lowest BCUT2D eigenvalue weighted by atomic mass is 9.85. The molecule has 2 aromatic carbocycles. The van der Waals surface area contributed by atoms with Crippen LogP contribution in [0, 0.1) is 5.41 Å². The van der Waals surface area contributed by atoms with Crippen molar-refractivity contribution in [3.05, 3.63) is 76.0 Å². The van der Waals surface area contributed by atoms with Crippen LogP contribution in [0.25, 0.3) is 6.08 Å². The normalized spacial score (nSPS) is 15.1. The average Bonchev–Trinajstić information content (AvgIpc) is 3.19. The molecule has 0 saturated carbocycles. The lowest BCUT2D eigenvalue weighted by Crippen LogP contribution is -2.37. The summed E-state index contributed by atoms with van der Waals surface area (Å²) in [7, 11) is 0. The smallest absolute Gasteiger partial charge is 0.177 e. The van der Waals surface area contributed by atoms with Crippen LogP contribution < -0.4 is 5.32 Å². The fourth-order valence-electron chi connectivity index (χ4n) is 3.46. The van der Waals surface area contributed by atoms with Crippen molar-refractivity contribution in [1.29, 1.82) is 0 Å². The number of hydrogen-bond acceptors (Lipinski definition) is 4. The van der Waals surface area contributed by atoms with E-state index in [2.05, 4.69) is 61.5 Å². The summed E-state index contributed by atoms with van der Waals surface area (Å²) < 4.78 is 1.92. The van der Waals surface area contributed by atoms with E-state index in [1.54, 1.807) is 6.07 Å². The molecule has 0 fully saturated rings. The fourth-order valence-corrected chi connectivity index (χ4v) is 3.93. The van der Waals surface area contributed by atoms with Gasteiger partial charge in [-0.05, 0) is 59.0 Å². The van der Waals surface area contributed by atoms with E-state index in [1.165, 1.54) is 0 Å². The van der Waals surface area contributed by atoms with Gasteiger partial charge >= 0.3 is 0 Å². The van der Waals surface area contributed by atoms with Gasteiger partial charge in [-0.2, -0.15) is 0 Å². The molecule has 3 aromatic rings. The zero-order valence-electron chi connectivity index (χ0n) is 18.6. The number of allylic oxidation sites excluding steroid dienone is 1. The Hall–Kier alpha value is -2.37. The van der Waals surface area contributed by atoms with Gasteiger partial charge in [0.25, 0.3) is 0 Å². The van der Waals surface area contributed by atoms with Crippen LogP contribution in [0.15, 0.2) is 54.6 Å². The molecular formula is C24H29Cl2N5. The summed E-state index contributed by atoms with van der Waals surface area (Å²) in [5.74, 6) is 0.783. The van der Waals surface area contributed by atoms with E-state index in [-0.39, 0.29) is 11.5 Å². The van der Waals surface area contributed by atoms with Crippen molar-refractivity contribution in [2.45, 2.75) is 52.6 Å². The zero-order valence-corrected chi connectivity index (χ0v) is 20.1. The lowest BCUT2D eigenvalue weighted by molar-refractivity contribution is 0.255. The predicted octanol–water partition coefficient (Wildman–Crippen LogP) is 7.02. The van der Waals surface area contributed by atoms with Gasteiger partial charge in [-0.1, -0.05) is 87.3 Å². The molecule has 0 unspecified atom stereocenters. The highest BCUT2D eigenvalue weighted by Gasteiger charge is 2.36. The second kappa shape index (κ2) is 9.41. The number of nitrogens with one attached hydrogen (secondary N) is 1. The summed E-state index contributed by atoms with van der Waals surface area (Å²) in [6.45, 7) is 10.8. The third-order valence-corrected chi connectivity index (χ3v) is 6.02. The second-order valence-electron chi connectivity index (χ2n) is 8.96. The second-order valence-corrected chi connectivity index (χ2v) is 9.80. The maximum Gasteiger partial charge on any atom is 0.177 e. The van der Waals surface area contributed by atoms with Crippen molar-refractivity contribution in [3.63, 3.8) is 0 Å². The van der Waals surface area contributed by atoms with E-state index in [1.807, 2.05) is 53.2 Å². The van der Waals surface area contributed by atoms with Crippen LogP contribution in [0.2, 0.25) is 10.0 Å². The minimum absolute atomic E-state index is 0.0901. The summed E-state index contributed by atoms with van der Waals surface area (Å²) in [4.78, 5) is 0. The molecule has 3 rings (SSSR count). The summed E-state index contributed by atoms with van der Waals surface area (Å²) in [5.41, 5.74) is 1.34. The highest BCUT2D eigenvalue weighted by atomic mass is 35.5. The van der Waals surface area contributed by atoms with Crippen molar-refractivity contribution in [2.75, 3.05) is 5.32 Å². The number of nitrogens with zero attached hydrogens (tertiary/aromatic N) is 4. The summed E-state index contributed by atoms with van der Waals surface area (Å²) in [5, 5.41) is 17.7. The predicted molar refractivity (Wildman–Crippen MR) is 130 cm³/mol. The molecule has 7 heteroatoms. The monoisotopic (exact) mass is 457 g/mol. The molecule has 2 atom stereocenters. The molecule has 1 aromatic heterocycles. The van der Waals surface area contributed by atoms with E-state index in [4.69, 9.17) is 23.2 Å². The summed E-state index contributed by atoms with van der Waals surface area (Å²) >= 11 is 12.4. The molecule has 0 bridgehead atoms. The first-order chi connectivity index (χ1) is 14.6. The van der Waals surface area contributed by atoms with Crippen LogP contribution in [-0.2, 0) is 5.54 Å². The van der Waals surface area contributed by atoms with Crippen LogP contribution >= 0.6 is 23.2 Å². The van der Waals surface area contributed by atoms with Gasteiger partial charge in [-0.25, -0.2) is 4.68 Å². The first-order valence-corrected chi connectivity index (χ1v) is 11.1. The first-order valence-electron chi connectivity index (χ1n) is 10.4. The third kappa shape index (κ3) is 5.46. The van der Waals surface area contributed by atoms with E-state index >= 15 is 0 Å². The average molecular weight is 458 g/mol. The first kappa shape index (κ1) is 23.3.